The van der Waals surface area contributed by atoms with Crippen LogP contribution in [0, 0.1) is 0 Å². The lowest BCUT2D eigenvalue weighted by Crippen LogP contribution is -2.06. The van der Waals surface area contributed by atoms with Crippen molar-refractivity contribution in [1.82, 2.24) is 0 Å². The number of ether oxygens (including phenoxy) is 2. The zero-order valence-corrected chi connectivity index (χ0v) is 20.1. The fourth-order valence-electron chi connectivity index (χ4n) is 3.23. The Labute approximate surface area is 210 Å². The number of amidine groups is 1. The molecule has 0 radical (unpaired) electrons. The smallest absolute Gasteiger partial charge is 0.180 e. The van der Waals surface area contributed by atoms with Crippen molar-refractivity contribution in [3.05, 3.63) is 131 Å². The minimum atomic E-state index is 0.397. The molecule has 0 aliphatic heterocycles. The highest BCUT2D eigenvalue weighted by atomic mass is 32.2. The summed E-state index contributed by atoms with van der Waals surface area (Å²) < 4.78 is 12.1. The Hall–Kier alpha value is -4.03. The van der Waals surface area contributed by atoms with E-state index in [0.717, 1.165) is 28.2 Å². The Kier molecular flexibility index (Phi) is 8.96. The Morgan fingerprint density at radius 1 is 0.714 bits per heavy atom. The molecule has 0 atom stereocenters. The van der Waals surface area contributed by atoms with Crippen molar-refractivity contribution >= 4 is 23.1 Å². The standard InChI is InChI=1S/C29H27N3O2S/c30-29(35-22-25-14-8-3-9-15-25)32-31-19-26-18-27(33-20-23-10-4-1-5-11-23)16-17-28(26)34-21-24-12-6-2-7-13-24/h1-19H,20-22H2,(H2,30,32). The summed E-state index contributed by atoms with van der Waals surface area (Å²) in [5.74, 6) is 2.15. The molecule has 0 spiro atoms. The number of rotatable bonds is 10. The van der Waals surface area contributed by atoms with Gasteiger partial charge in [0.05, 0.1) is 6.21 Å². The molecule has 0 bridgehead atoms. The Balaban J connectivity index is 1.45. The molecule has 0 aliphatic carbocycles. The summed E-state index contributed by atoms with van der Waals surface area (Å²) in [6.07, 6.45) is 1.64. The third-order valence-electron chi connectivity index (χ3n) is 5.05. The summed E-state index contributed by atoms with van der Waals surface area (Å²) in [7, 11) is 0. The number of hydrogen-bond acceptors (Lipinski definition) is 5. The SMILES string of the molecule is NC(=NN=Cc1cc(OCc2ccccc2)ccc1OCc1ccccc1)SCc1ccccc1. The highest BCUT2D eigenvalue weighted by Crippen LogP contribution is 2.25. The van der Waals surface area contributed by atoms with Crippen molar-refractivity contribution in [3.8, 4) is 11.5 Å². The molecule has 0 amide bonds. The number of nitrogens with zero attached hydrogens (tertiary/aromatic N) is 2. The Morgan fingerprint density at radius 2 is 1.29 bits per heavy atom. The molecule has 4 rings (SSSR count). The van der Waals surface area contributed by atoms with Gasteiger partial charge >= 0.3 is 0 Å². The number of benzene rings is 4. The van der Waals surface area contributed by atoms with E-state index in [1.165, 1.54) is 17.3 Å². The number of nitrogens with two attached hydrogens (primary N) is 1. The topological polar surface area (TPSA) is 69.2 Å². The first-order valence-corrected chi connectivity index (χ1v) is 12.3. The number of thioether (sulfide) groups is 1. The lowest BCUT2D eigenvalue weighted by atomic mass is 10.2. The van der Waals surface area contributed by atoms with Crippen molar-refractivity contribution in [3.63, 3.8) is 0 Å². The first-order valence-electron chi connectivity index (χ1n) is 11.3. The molecule has 5 nitrogen and oxygen atoms in total. The molecule has 2 N–H and O–H groups in total. The second-order valence-corrected chi connectivity index (χ2v) is 8.70. The van der Waals surface area contributed by atoms with Crippen molar-refractivity contribution in [2.45, 2.75) is 19.0 Å². The average Bonchev–Trinajstić information content (AvgIpc) is 2.92. The maximum atomic E-state index is 6.07. The molecule has 4 aromatic rings. The number of hydrogen-bond donors (Lipinski definition) is 1. The molecular weight excluding hydrogens is 454 g/mol. The van der Waals surface area contributed by atoms with Gasteiger partial charge < -0.3 is 15.2 Å². The van der Waals surface area contributed by atoms with Gasteiger partial charge in [0.15, 0.2) is 5.17 Å². The normalized spacial score (nSPS) is 11.5. The lowest BCUT2D eigenvalue weighted by molar-refractivity contribution is 0.297. The van der Waals surface area contributed by atoms with Crippen LogP contribution in [0.4, 0.5) is 0 Å². The first-order chi connectivity index (χ1) is 17.3. The van der Waals surface area contributed by atoms with Crippen molar-refractivity contribution < 1.29 is 9.47 Å². The van der Waals surface area contributed by atoms with Crippen LogP contribution in [-0.2, 0) is 19.0 Å². The summed E-state index contributed by atoms with van der Waals surface area (Å²) in [4.78, 5) is 0. The fraction of sp³-hybridized carbons (Fsp3) is 0.103. The molecule has 0 aromatic heterocycles. The van der Waals surface area contributed by atoms with Crippen LogP contribution in [0.2, 0.25) is 0 Å². The van der Waals surface area contributed by atoms with E-state index in [2.05, 4.69) is 22.3 Å². The van der Waals surface area contributed by atoms with E-state index in [1.54, 1.807) is 6.21 Å². The minimum Gasteiger partial charge on any atom is -0.489 e. The van der Waals surface area contributed by atoms with E-state index < -0.39 is 0 Å². The molecule has 0 saturated carbocycles. The van der Waals surface area contributed by atoms with Crippen LogP contribution in [-0.4, -0.2) is 11.4 Å². The van der Waals surface area contributed by atoms with E-state index >= 15 is 0 Å². The van der Waals surface area contributed by atoms with Gasteiger partial charge in [0.2, 0.25) is 0 Å². The second kappa shape index (κ2) is 13.0. The Bertz CT molecular complexity index is 1250. The summed E-state index contributed by atoms with van der Waals surface area (Å²) >= 11 is 1.44. The summed E-state index contributed by atoms with van der Waals surface area (Å²) in [5.41, 5.74) is 10.2. The zero-order chi connectivity index (χ0) is 24.1. The molecular formula is C29H27N3O2S. The molecule has 0 aliphatic rings. The lowest BCUT2D eigenvalue weighted by Gasteiger charge is -2.12. The maximum Gasteiger partial charge on any atom is 0.180 e. The third kappa shape index (κ3) is 8.05. The van der Waals surface area contributed by atoms with E-state index in [4.69, 9.17) is 15.2 Å². The van der Waals surface area contributed by atoms with Gasteiger partial charge in [-0.2, -0.15) is 5.10 Å². The zero-order valence-electron chi connectivity index (χ0n) is 19.3. The van der Waals surface area contributed by atoms with Crippen molar-refractivity contribution in [2.24, 2.45) is 15.9 Å². The van der Waals surface area contributed by atoms with Gasteiger partial charge in [-0.3, -0.25) is 0 Å². The van der Waals surface area contributed by atoms with Crippen LogP contribution in [0.25, 0.3) is 0 Å². The third-order valence-corrected chi connectivity index (χ3v) is 5.90. The van der Waals surface area contributed by atoms with Crippen LogP contribution in [0.1, 0.15) is 22.3 Å². The average molecular weight is 482 g/mol. The predicted octanol–water partition coefficient (Wildman–Crippen LogP) is 6.43. The first kappa shape index (κ1) is 24.1. The van der Waals surface area contributed by atoms with Gasteiger partial charge in [0, 0.05) is 11.3 Å². The van der Waals surface area contributed by atoms with Gasteiger partial charge in [-0.25, -0.2) is 0 Å². The largest absolute Gasteiger partial charge is 0.489 e. The van der Waals surface area contributed by atoms with Crippen LogP contribution in [0.15, 0.2) is 119 Å². The van der Waals surface area contributed by atoms with Gasteiger partial charge in [0.1, 0.15) is 24.7 Å². The van der Waals surface area contributed by atoms with Crippen molar-refractivity contribution in [1.29, 1.82) is 0 Å². The minimum absolute atomic E-state index is 0.397. The fourth-order valence-corrected chi connectivity index (χ4v) is 3.85. The molecule has 0 heterocycles. The highest BCUT2D eigenvalue weighted by Gasteiger charge is 2.06. The van der Waals surface area contributed by atoms with Crippen LogP contribution in [0.3, 0.4) is 0 Å². The van der Waals surface area contributed by atoms with E-state index in [1.807, 2.05) is 97.1 Å². The van der Waals surface area contributed by atoms with Gasteiger partial charge in [-0.05, 0) is 34.9 Å². The highest BCUT2D eigenvalue weighted by molar-refractivity contribution is 8.13. The van der Waals surface area contributed by atoms with E-state index in [0.29, 0.717) is 24.1 Å². The summed E-state index contributed by atoms with van der Waals surface area (Å²) in [6.45, 7) is 0.924. The van der Waals surface area contributed by atoms with Crippen LogP contribution < -0.4 is 15.2 Å². The summed E-state index contributed by atoms with van der Waals surface area (Å²) in [5, 5.41) is 8.75. The molecule has 35 heavy (non-hydrogen) atoms. The van der Waals surface area contributed by atoms with Gasteiger partial charge in [0.25, 0.3) is 0 Å². The van der Waals surface area contributed by atoms with Crippen molar-refractivity contribution in [2.75, 3.05) is 0 Å². The second-order valence-electron chi connectivity index (χ2n) is 7.71. The monoisotopic (exact) mass is 481 g/mol. The quantitative estimate of drug-likeness (QED) is 0.161. The Morgan fingerprint density at radius 3 is 1.91 bits per heavy atom. The maximum absolute atomic E-state index is 6.07. The van der Waals surface area contributed by atoms with Crippen LogP contribution >= 0.6 is 11.8 Å². The van der Waals surface area contributed by atoms with E-state index in [9.17, 15) is 0 Å². The van der Waals surface area contributed by atoms with Crippen LogP contribution in [0.5, 0.6) is 11.5 Å². The molecule has 176 valence electrons. The predicted molar refractivity (Wildman–Crippen MR) is 145 cm³/mol. The molecule has 6 heteroatoms. The molecule has 0 unspecified atom stereocenters. The molecule has 4 aromatic carbocycles. The van der Waals surface area contributed by atoms with Gasteiger partial charge in [-0.15, -0.1) is 5.10 Å². The van der Waals surface area contributed by atoms with E-state index in [-0.39, 0.29) is 0 Å². The molecule has 0 fully saturated rings. The summed E-state index contributed by atoms with van der Waals surface area (Å²) in [6, 6.07) is 35.9. The van der Waals surface area contributed by atoms with Gasteiger partial charge in [-0.1, -0.05) is 103 Å². The molecule has 0 saturated heterocycles.